The van der Waals surface area contributed by atoms with E-state index in [0.717, 1.165) is 11.1 Å². The predicted octanol–water partition coefficient (Wildman–Crippen LogP) is 3.91. The van der Waals surface area contributed by atoms with Crippen molar-refractivity contribution in [2.24, 2.45) is 0 Å². The molecule has 0 bridgehead atoms. The number of hydrogen-bond donors (Lipinski definition) is 2. The van der Waals surface area contributed by atoms with Crippen LogP contribution in [0.15, 0.2) is 36.4 Å². The number of nitro benzene ring substituents is 1. The van der Waals surface area contributed by atoms with Gasteiger partial charge in [-0.15, -0.1) is 0 Å². The van der Waals surface area contributed by atoms with Crippen molar-refractivity contribution in [2.75, 3.05) is 10.6 Å². The number of hydrogen-bond acceptors (Lipinski definition) is 4. The highest BCUT2D eigenvalue weighted by Gasteiger charge is 2.14. The monoisotopic (exact) mass is 299 g/mol. The average Bonchev–Trinajstić information content (AvgIpc) is 2.39. The Balaban J connectivity index is 2.37. The number of nitro groups is 1. The van der Waals surface area contributed by atoms with E-state index in [1.807, 2.05) is 19.1 Å². The summed E-state index contributed by atoms with van der Waals surface area (Å²) < 4.78 is 0. The molecule has 0 aliphatic carbocycles. The molecule has 0 saturated heterocycles. The number of carbonyl (C=O) groups excluding carboxylic acids is 1. The van der Waals surface area contributed by atoms with E-state index < -0.39 is 4.92 Å². The largest absolute Gasteiger partial charge is 0.350 e. The Labute approximate surface area is 128 Å². The van der Waals surface area contributed by atoms with Crippen molar-refractivity contribution >= 4 is 28.7 Å². The first-order chi connectivity index (χ1) is 10.3. The number of carbonyl (C=O) groups is 1. The molecule has 0 saturated carbocycles. The Hall–Kier alpha value is -2.89. The van der Waals surface area contributed by atoms with Crippen LogP contribution in [0.2, 0.25) is 0 Å². The summed E-state index contributed by atoms with van der Waals surface area (Å²) in [6, 6.07) is 10.4. The SMILES string of the molecule is CC(=O)Nc1cc(C)cc(Nc2ccc(C)cc2[N+](=O)[O-])c1. The lowest BCUT2D eigenvalue weighted by Crippen LogP contribution is -2.06. The normalized spacial score (nSPS) is 10.1. The van der Waals surface area contributed by atoms with Gasteiger partial charge < -0.3 is 10.6 Å². The van der Waals surface area contributed by atoms with Gasteiger partial charge >= 0.3 is 0 Å². The van der Waals surface area contributed by atoms with Gasteiger partial charge in [0.25, 0.3) is 5.69 Å². The fourth-order valence-electron chi connectivity index (χ4n) is 2.18. The molecule has 0 spiro atoms. The van der Waals surface area contributed by atoms with E-state index >= 15 is 0 Å². The fraction of sp³-hybridized carbons (Fsp3) is 0.188. The van der Waals surface area contributed by atoms with Crippen LogP contribution in [0, 0.1) is 24.0 Å². The Morgan fingerprint density at radius 3 is 2.36 bits per heavy atom. The first-order valence-corrected chi connectivity index (χ1v) is 6.76. The van der Waals surface area contributed by atoms with E-state index in [2.05, 4.69) is 10.6 Å². The number of rotatable bonds is 4. The van der Waals surface area contributed by atoms with Crippen molar-refractivity contribution in [3.8, 4) is 0 Å². The van der Waals surface area contributed by atoms with Crippen molar-refractivity contribution in [1.29, 1.82) is 0 Å². The van der Waals surface area contributed by atoms with Gasteiger partial charge in [-0.25, -0.2) is 0 Å². The lowest BCUT2D eigenvalue weighted by Gasteiger charge is -2.11. The molecule has 0 heterocycles. The summed E-state index contributed by atoms with van der Waals surface area (Å²) >= 11 is 0. The molecular formula is C16H17N3O3. The highest BCUT2D eigenvalue weighted by Crippen LogP contribution is 2.30. The van der Waals surface area contributed by atoms with Crippen LogP contribution in [-0.2, 0) is 4.79 Å². The lowest BCUT2D eigenvalue weighted by molar-refractivity contribution is -0.384. The van der Waals surface area contributed by atoms with Crippen molar-refractivity contribution in [3.63, 3.8) is 0 Å². The zero-order chi connectivity index (χ0) is 16.3. The highest BCUT2D eigenvalue weighted by molar-refractivity contribution is 5.89. The second kappa shape index (κ2) is 6.26. The molecule has 0 fully saturated rings. The molecule has 0 unspecified atom stereocenters. The minimum absolute atomic E-state index is 0.0163. The van der Waals surface area contributed by atoms with E-state index in [9.17, 15) is 14.9 Å². The third kappa shape index (κ3) is 3.82. The molecule has 6 nitrogen and oxygen atoms in total. The molecule has 114 valence electrons. The molecule has 1 amide bonds. The smallest absolute Gasteiger partial charge is 0.292 e. The van der Waals surface area contributed by atoms with Gasteiger partial charge in [-0.05, 0) is 49.2 Å². The zero-order valence-electron chi connectivity index (χ0n) is 12.6. The van der Waals surface area contributed by atoms with Crippen LogP contribution in [0.3, 0.4) is 0 Å². The number of benzene rings is 2. The van der Waals surface area contributed by atoms with Crippen molar-refractivity contribution in [2.45, 2.75) is 20.8 Å². The maximum atomic E-state index is 11.2. The summed E-state index contributed by atoms with van der Waals surface area (Å²) in [5, 5.41) is 16.9. The standard InChI is InChI=1S/C16H17N3O3/c1-10-4-5-15(16(8-10)19(21)22)18-14-7-11(2)6-13(9-14)17-12(3)20/h4-9,18H,1-3H3,(H,17,20). The van der Waals surface area contributed by atoms with Gasteiger partial charge in [0, 0.05) is 24.4 Å². The van der Waals surface area contributed by atoms with Gasteiger partial charge in [0.1, 0.15) is 5.69 Å². The van der Waals surface area contributed by atoms with Crippen LogP contribution >= 0.6 is 0 Å². The van der Waals surface area contributed by atoms with Crippen molar-refractivity contribution in [3.05, 3.63) is 57.6 Å². The number of amides is 1. The van der Waals surface area contributed by atoms with E-state index in [-0.39, 0.29) is 11.6 Å². The number of nitrogens with one attached hydrogen (secondary N) is 2. The van der Waals surface area contributed by atoms with Crippen molar-refractivity contribution < 1.29 is 9.72 Å². The molecule has 2 rings (SSSR count). The van der Waals surface area contributed by atoms with Crippen LogP contribution in [-0.4, -0.2) is 10.8 Å². The van der Waals surface area contributed by atoms with Crippen LogP contribution in [0.1, 0.15) is 18.1 Å². The molecule has 2 N–H and O–H groups in total. The molecule has 0 atom stereocenters. The Kier molecular flexibility index (Phi) is 4.41. The van der Waals surface area contributed by atoms with Gasteiger partial charge in [-0.1, -0.05) is 6.07 Å². The third-order valence-electron chi connectivity index (χ3n) is 3.03. The first-order valence-electron chi connectivity index (χ1n) is 6.76. The summed E-state index contributed by atoms with van der Waals surface area (Å²) in [4.78, 5) is 21.9. The summed E-state index contributed by atoms with van der Waals surface area (Å²) in [6.45, 7) is 5.12. The van der Waals surface area contributed by atoms with Crippen LogP contribution < -0.4 is 10.6 Å². The van der Waals surface area contributed by atoms with E-state index in [1.165, 1.54) is 13.0 Å². The lowest BCUT2D eigenvalue weighted by atomic mass is 10.1. The van der Waals surface area contributed by atoms with Gasteiger partial charge in [0.2, 0.25) is 5.91 Å². The molecule has 2 aromatic rings. The van der Waals surface area contributed by atoms with Gasteiger partial charge in [-0.2, -0.15) is 0 Å². The number of anilines is 3. The predicted molar refractivity (Wildman–Crippen MR) is 86.6 cm³/mol. The summed E-state index contributed by atoms with van der Waals surface area (Å²) in [5.74, 6) is -0.169. The van der Waals surface area contributed by atoms with Crippen molar-refractivity contribution in [1.82, 2.24) is 0 Å². The minimum atomic E-state index is -0.417. The molecule has 0 aliphatic rings. The maximum absolute atomic E-state index is 11.2. The van der Waals surface area contributed by atoms with E-state index in [4.69, 9.17) is 0 Å². The number of aryl methyl sites for hydroxylation is 2. The summed E-state index contributed by atoms with van der Waals surface area (Å²) in [5.41, 5.74) is 3.50. The van der Waals surface area contributed by atoms with Gasteiger partial charge in [0.05, 0.1) is 4.92 Å². The molecule has 22 heavy (non-hydrogen) atoms. The van der Waals surface area contributed by atoms with Crippen LogP contribution in [0.5, 0.6) is 0 Å². The molecule has 0 aromatic heterocycles. The van der Waals surface area contributed by atoms with E-state index in [1.54, 1.807) is 25.1 Å². The molecular weight excluding hydrogens is 282 g/mol. The molecule has 0 radical (unpaired) electrons. The van der Waals surface area contributed by atoms with Crippen LogP contribution in [0.25, 0.3) is 0 Å². The van der Waals surface area contributed by atoms with E-state index in [0.29, 0.717) is 17.1 Å². The minimum Gasteiger partial charge on any atom is -0.350 e. The highest BCUT2D eigenvalue weighted by atomic mass is 16.6. The molecule has 6 heteroatoms. The molecule has 2 aromatic carbocycles. The number of nitrogens with zero attached hydrogens (tertiary/aromatic N) is 1. The summed E-state index contributed by atoms with van der Waals surface area (Å²) in [7, 11) is 0. The quantitative estimate of drug-likeness (QED) is 0.662. The third-order valence-corrected chi connectivity index (χ3v) is 3.03. The Morgan fingerprint density at radius 1 is 1.05 bits per heavy atom. The second-order valence-electron chi connectivity index (χ2n) is 5.17. The Morgan fingerprint density at radius 2 is 1.73 bits per heavy atom. The maximum Gasteiger partial charge on any atom is 0.292 e. The zero-order valence-corrected chi connectivity index (χ0v) is 12.6. The topological polar surface area (TPSA) is 84.3 Å². The average molecular weight is 299 g/mol. The van der Waals surface area contributed by atoms with Gasteiger partial charge in [0.15, 0.2) is 0 Å². The summed E-state index contributed by atoms with van der Waals surface area (Å²) in [6.07, 6.45) is 0. The molecule has 0 aliphatic heterocycles. The fourth-order valence-corrected chi connectivity index (χ4v) is 2.18. The van der Waals surface area contributed by atoms with Gasteiger partial charge in [-0.3, -0.25) is 14.9 Å². The second-order valence-corrected chi connectivity index (χ2v) is 5.17. The van der Waals surface area contributed by atoms with Crippen LogP contribution in [0.4, 0.5) is 22.7 Å². The first kappa shape index (κ1) is 15.5. The Bertz CT molecular complexity index is 741.